The molecule has 6 heteroatoms. The predicted octanol–water partition coefficient (Wildman–Crippen LogP) is 7.53. The van der Waals surface area contributed by atoms with E-state index in [4.69, 9.17) is 4.74 Å². The second kappa shape index (κ2) is 13.7. The van der Waals surface area contributed by atoms with Crippen LogP contribution in [-0.4, -0.2) is 34.0 Å². The van der Waals surface area contributed by atoms with Crippen molar-refractivity contribution in [2.75, 3.05) is 13.1 Å². The highest BCUT2D eigenvalue weighted by Crippen LogP contribution is 2.19. The summed E-state index contributed by atoms with van der Waals surface area (Å²) < 4.78 is 5.65. The molecular formula is C33H33N3O2S. The number of carbonyl (C=O) groups excluding carboxylic acids is 1. The predicted molar refractivity (Wildman–Crippen MR) is 158 cm³/mol. The second-order valence-electron chi connectivity index (χ2n) is 9.66. The van der Waals surface area contributed by atoms with E-state index in [2.05, 4.69) is 82.7 Å². The summed E-state index contributed by atoms with van der Waals surface area (Å²) in [6.45, 7) is 3.92. The van der Waals surface area contributed by atoms with Crippen LogP contribution in [0.1, 0.15) is 28.0 Å². The summed E-state index contributed by atoms with van der Waals surface area (Å²) in [5.41, 5.74) is 5.41. The Labute approximate surface area is 234 Å². The summed E-state index contributed by atoms with van der Waals surface area (Å²) in [5, 5.41) is 2.51. The van der Waals surface area contributed by atoms with Crippen molar-refractivity contribution in [2.24, 2.45) is 0 Å². The van der Waals surface area contributed by atoms with Gasteiger partial charge in [-0.2, -0.15) is 0 Å². The van der Waals surface area contributed by atoms with Gasteiger partial charge in [-0.3, -0.25) is 9.88 Å². The number of benzene rings is 4. The molecule has 0 atom stereocenters. The van der Waals surface area contributed by atoms with Crippen LogP contribution in [0.3, 0.4) is 0 Å². The van der Waals surface area contributed by atoms with Gasteiger partial charge in [0.2, 0.25) is 0 Å². The topological polar surface area (TPSA) is 45.7 Å². The molecule has 0 aliphatic heterocycles. The number of ether oxygens (including phenoxy) is 1. The minimum Gasteiger partial charge on any atom is -0.444 e. The van der Waals surface area contributed by atoms with Crippen molar-refractivity contribution >= 4 is 28.2 Å². The number of amides is 1. The minimum atomic E-state index is -0.295. The van der Waals surface area contributed by atoms with Gasteiger partial charge in [0.05, 0.1) is 10.4 Å². The molecule has 1 aromatic heterocycles. The zero-order valence-corrected chi connectivity index (χ0v) is 22.8. The Balaban J connectivity index is 1.26. The number of hydrogen-bond donors (Lipinski definition) is 0. The Morgan fingerprint density at radius 1 is 0.718 bits per heavy atom. The van der Waals surface area contributed by atoms with E-state index in [1.165, 1.54) is 33.2 Å². The lowest BCUT2D eigenvalue weighted by molar-refractivity contribution is 0.0921. The molecule has 0 radical (unpaired) electrons. The van der Waals surface area contributed by atoms with Crippen molar-refractivity contribution in [2.45, 2.75) is 32.7 Å². The average molecular weight is 536 g/mol. The molecule has 5 nitrogen and oxygen atoms in total. The Morgan fingerprint density at radius 2 is 1.38 bits per heavy atom. The van der Waals surface area contributed by atoms with Crippen molar-refractivity contribution in [3.8, 4) is 0 Å². The number of rotatable bonds is 12. The Morgan fingerprint density at radius 3 is 2.10 bits per heavy atom. The maximum Gasteiger partial charge on any atom is 0.410 e. The van der Waals surface area contributed by atoms with Crippen LogP contribution in [0, 0.1) is 0 Å². The lowest BCUT2D eigenvalue weighted by Gasteiger charge is -2.26. The van der Waals surface area contributed by atoms with Gasteiger partial charge in [-0.25, -0.2) is 4.79 Å². The van der Waals surface area contributed by atoms with E-state index in [0.717, 1.165) is 36.5 Å². The highest BCUT2D eigenvalue weighted by molar-refractivity contribution is 7.09. The van der Waals surface area contributed by atoms with Gasteiger partial charge in [-0.15, -0.1) is 11.3 Å². The van der Waals surface area contributed by atoms with Gasteiger partial charge in [-0.05, 0) is 39.9 Å². The molecule has 0 fully saturated rings. The number of fused-ring (bicyclic) bond motifs is 1. The van der Waals surface area contributed by atoms with E-state index >= 15 is 0 Å². The number of aromatic nitrogens is 1. The highest BCUT2D eigenvalue weighted by atomic mass is 32.1. The maximum atomic E-state index is 13.1. The van der Waals surface area contributed by atoms with Gasteiger partial charge in [0.15, 0.2) is 0 Å². The first kappa shape index (κ1) is 26.6. The van der Waals surface area contributed by atoms with Crippen LogP contribution in [0.15, 0.2) is 115 Å². The summed E-state index contributed by atoms with van der Waals surface area (Å²) in [6, 6.07) is 35.8. The first-order valence-electron chi connectivity index (χ1n) is 13.3. The molecule has 0 saturated heterocycles. The fourth-order valence-corrected chi connectivity index (χ4v) is 5.22. The Kier molecular flexibility index (Phi) is 9.34. The molecule has 0 saturated carbocycles. The number of carbonyl (C=O) groups is 1. The number of nitrogens with zero attached hydrogens (tertiary/aromatic N) is 3. The van der Waals surface area contributed by atoms with Crippen LogP contribution in [0.2, 0.25) is 0 Å². The summed E-state index contributed by atoms with van der Waals surface area (Å²) >= 11 is 1.49. The third kappa shape index (κ3) is 7.99. The lowest BCUT2D eigenvalue weighted by atomic mass is 10.1. The SMILES string of the molecule is O=C(OCc1cncs1)N(CCCN(Cc1ccccc1)Cc1ccc2ccccc2c1)Cc1ccccc1. The molecule has 5 rings (SSSR count). The van der Waals surface area contributed by atoms with E-state index < -0.39 is 0 Å². The normalized spacial score (nSPS) is 11.1. The molecule has 0 spiro atoms. The smallest absolute Gasteiger partial charge is 0.410 e. The van der Waals surface area contributed by atoms with Gasteiger partial charge in [0.1, 0.15) is 6.61 Å². The molecule has 0 unspecified atom stereocenters. The van der Waals surface area contributed by atoms with Gasteiger partial charge >= 0.3 is 6.09 Å². The van der Waals surface area contributed by atoms with Crippen LogP contribution in [0.25, 0.3) is 10.8 Å². The minimum absolute atomic E-state index is 0.247. The zero-order valence-electron chi connectivity index (χ0n) is 22.0. The molecule has 0 aliphatic rings. The summed E-state index contributed by atoms with van der Waals surface area (Å²) in [4.78, 5) is 22.4. The van der Waals surface area contributed by atoms with E-state index in [-0.39, 0.29) is 12.7 Å². The Bertz CT molecular complexity index is 1440. The van der Waals surface area contributed by atoms with Crippen LogP contribution < -0.4 is 0 Å². The molecule has 1 amide bonds. The third-order valence-electron chi connectivity index (χ3n) is 6.67. The summed E-state index contributed by atoms with van der Waals surface area (Å²) in [6.07, 6.45) is 2.28. The molecule has 1 heterocycles. The van der Waals surface area contributed by atoms with E-state index in [9.17, 15) is 4.79 Å². The fourth-order valence-electron chi connectivity index (χ4n) is 4.71. The molecule has 5 aromatic rings. The van der Waals surface area contributed by atoms with Crippen LogP contribution in [0.5, 0.6) is 0 Å². The first-order valence-corrected chi connectivity index (χ1v) is 14.2. The average Bonchev–Trinajstić information content (AvgIpc) is 3.50. The number of thiazole rings is 1. The molecule has 39 heavy (non-hydrogen) atoms. The standard InChI is InChI=1S/C33H33N3O2S/c37-33(38-25-32-21-34-26-39-32)36(24-28-12-5-2-6-13-28)19-9-18-35(22-27-10-3-1-4-11-27)23-29-16-17-30-14-7-8-15-31(30)20-29/h1-8,10-17,20-21,26H,9,18-19,22-25H2. The van der Waals surface area contributed by atoms with E-state index in [1.54, 1.807) is 11.7 Å². The molecule has 0 bridgehead atoms. The first-order chi connectivity index (χ1) is 19.2. The largest absolute Gasteiger partial charge is 0.444 e. The zero-order chi connectivity index (χ0) is 26.7. The monoisotopic (exact) mass is 535 g/mol. The third-order valence-corrected chi connectivity index (χ3v) is 7.42. The van der Waals surface area contributed by atoms with Crippen molar-refractivity contribution in [1.82, 2.24) is 14.8 Å². The van der Waals surface area contributed by atoms with Crippen molar-refractivity contribution in [3.63, 3.8) is 0 Å². The Hall–Kier alpha value is -4.00. The van der Waals surface area contributed by atoms with E-state index in [1.807, 2.05) is 35.2 Å². The van der Waals surface area contributed by atoms with Crippen molar-refractivity contribution < 1.29 is 9.53 Å². The van der Waals surface area contributed by atoms with Crippen molar-refractivity contribution in [1.29, 1.82) is 0 Å². The number of hydrogen-bond acceptors (Lipinski definition) is 5. The summed E-state index contributed by atoms with van der Waals surface area (Å²) in [5.74, 6) is 0. The fraction of sp³-hybridized carbons (Fsp3) is 0.212. The summed E-state index contributed by atoms with van der Waals surface area (Å²) in [7, 11) is 0. The van der Waals surface area contributed by atoms with Crippen LogP contribution in [-0.2, 0) is 31.0 Å². The molecular weight excluding hydrogens is 502 g/mol. The van der Waals surface area contributed by atoms with E-state index in [0.29, 0.717) is 13.1 Å². The molecule has 198 valence electrons. The van der Waals surface area contributed by atoms with Gasteiger partial charge in [0.25, 0.3) is 0 Å². The van der Waals surface area contributed by atoms with Crippen molar-refractivity contribution in [3.05, 3.63) is 136 Å². The van der Waals surface area contributed by atoms with Gasteiger partial charge < -0.3 is 9.64 Å². The van der Waals surface area contributed by atoms with Crippen LogP contribution >= 0.6 is 11.3 Å². The molecule has 0 N–H and O–H groups in total. The lowest BCUT2D eigenvalue weighted by Crippen LogP contribution is -2.34. The quantitative estimate of drug-likeness (QED) is 0.166. The van der Waals surface area contributed by atoms with Gasteiger partial charge in [-0.1, -0.05) is 97.1 Å². The van der Waals surface area contributed by atoms with Crippen LogP contribution in [0.4, 0.5) is 4.79 Å². The van der Waals surface area contributed by atoms with Gasteiger partial charge in [0, 0.05) is 38.9 Å². The maximum absolute atomic E-state index is 13.1. The second-order valence-corrected chi connectivity index (χ2v) is 10.6. The highest BCUT2D eigenvalue weighted by Gasteiger charge is 2.17. The molecule has 0 aliphatic carbocycles. The molecule has 4 aromatic carbocycles.